The number of carbonyl (C=O) groups excluding carboxylic acids is 1. The average Bonchev–Trinajstić information content (AvgIpc) is 2.15. The summed E-state index contributed by atoms with van der Waals surface area (Å²) < 4.78 is 0.916. The predicted octanol–water partition coefficient (Wildman–Crippen LogP) is 1.52. The van der Waals surface area contributed by atoms with Crippen LogP contribution in [0.2, 0.25) is 0 Å². The van der Waals surface area contributed by atoms with E-state index in [1.165, 1.54) is 0 Å². The zero-order valence-electron chi connectivity index (χ0n) is 7.66. The van der Waals surface area contributed by atoms with E-state index in [1.54, 1.807) is 6.20 Å². The number of carbonyl (C=O) groups is 1. The number of anilines is 1. The first-order chi connectivity index (χ1) is 6.70. The minimum Gasteiger partial charge on any atom is -0.370 e. The number of pyridine rings is 1. The van der Waals surface area contributed by atoms with E-state index in [1.807, 2.05) is 12.1 Å². The van der Waals surface area contributed by atoms with E-state index < -0.39 is 0 Å². The van der Waals surface area contributed by atoms with Gasteiger partial charge in [-0.1, -0.05) is 0 Å². The number of aromatic nitrogens is 1. The first kappa shape index (κ1) is 11.0. The van der Waals surface area contributed by atoms with E-state index >= 15 is 0 Å². The number of hydrogen-bond acceptors (Lipinski definition) is 3. The van der Waals surface area contributed by atoms with Gasteiger partial charge in [-0.25, -0.2) is 4.98 Å². The van der Waals surface area contributed by atoms with E-state index in [-0.39, 0.29) is 5.91 Å². The molecular formula is C9H12BrN3O. The molecule has 0 aromatic carbocycles. The van der Waals surface area contributed by atoms with E-state index in [0.29, 0.717) is 13.0 Å². The van der Waals surface area contributed by atoms with Crippen molar-refractivity contribution >= 4 is 27.7 Å². The lowest BCUT2D eigenvalue weighted by atomic mass is 10.3. The van der Waals surface area contributed by atoms with Gasteiger partial charge < -0.3 is 11.1 Å². The lowest BCUT2D eigenvalue weighted by molar-refractivity contribution is -0.118. The van der Waals surface area contributed by atoms with Crippen LogP contribution in [0, 0.1) is 0 Å². The van der Waals surface area contributed by atoms with E-state index in [2.05, 4.69) is 26.2 Å². The Hall–Kier alpha value is -1.10. The molecule has 76 valence electrons. The van der Waals surface area contributed by atoms with Gasteiger partial charge >= 0.3 is 0 Å². The second kappa shape index (κ2) is 5.59. The summed E-state index contributed by atoms with van der Waals surface area (Å²) in [6.07, 6.45) is 2.83. The van der Waals surface area contributed by atoms with Crippen molar-refractivity contribution in [2.75, 3.05) is 11.9 Å². The standard InChI is InChI=1S/C9H12BrN3O/c10-7-3-1-5-12-9(7)13-6-2-4-8(11)14/h1,3,5H,2,4,6H2,(H2,11,14)(H,12,13). The Morgan fingerprint density at radius 3 is 3.07 bits per heavy atom. The van der Waals surface area contributed by atoms with Gasteiger partial charge in [0, 0.05) is 19.2 Å². The Balaban J connectivity index is 2.31. The molecule has 1 rings (SSSR count). The molecule has 5 heteroatoms. The molecule has 1 aromatic rings. The lowest BCUT2D eigenvalue weighted by Gasteiger charge is -2.05. The largest absolute Gasteiger partial charge is 0.370 e. The highest BCUT2D eigenvalue weighted by Crippen LogP contribution is 2.17. The van der Waals surface area contributed by atoms with Crippen LogP contribution in [0.1, 0.15) is 12.8 Å². The van der Waals surface area contributed by atoms with Crippen molar-refractivity contribution in [3.63, 3.8) is 0 Å². The van der Waals surface area contributed by atoms with Crippen LogP contribution >= 0.6 is 15.9 Å². The van der Waals surface area contributed by atoms with Crippen LogP contribution in [0.4, 0.5) is 5.82 Å². The summed E-state index contributed by atoms with van der Waals surface area (Å²) in [7, 11) is 0. The molecule has 1 aromatic heterocycles. The first-order valence-corrected chi connectivity index (χ1v) is 5.12. The number of primary amides is 1. The molecule has 4 nitrogen and oxygen atoms in total. The highest BCUT2D eigenvalue weighted by Gasteiger charge is 1.99. The maximum Gasteiger partial charge on any atom is 0.217 e. The molecule has 1 heterocycles. The maximum atomic E-state index is 10.4. The quantitative estimate of drug-likeness (QED) is 0.787. The van der Waals surface area contributed by atoms with Crippen LogP contribution < -0.4 is 11.1 Å². The summed E-state index contributed by atoms with van der Waals surface area (Å²) in [4.78, 5) is 14.6. The van der Waals surface area contributed by atoms with Crippen LogP contribution in [0.15, 0.2) is 22.8 Å². The Kier molecular flexibility index (Phi) is 4.39. The molecule has 0 aliphatic rings. The molecule has 0 spiro atoms. The van der Waals surface area contributed by atoms with Crippen LogP contribution in [0.3, 0.4) is 0 Å². The fourth-order valence-corrected chi connectivity index (χ4v) is 1.38. The number of hydrogen-bond donors (Lipinski definition) is 2. The van der Waals surface area contributed by atoms with Gasteiger partial charge in [0.25, 0.3) is 0 Å². The van der Waals surface area contributed by atoms with Gasteiger partial charge in [0.2, 0.25) is 5.91 Å². The second-order valence-electron chi connectivity index (χ2n) is 2.83. The molecule has 0 aliphatic carbocycles. The minimum atomic E-state index is -0.271. The lowest BCUT2D eigenvalue weighted by Crippen LogP contribution is -2.13. The topological polar surface area (TPSA) is 68.0 Å². The van der Waals surface area contributed by atoms with Crippen LogP contribution in [0.5, 0.6) is 0 Å². The van der Waals surface area contributed by atoms with Crippen molar-refractivity contribution in [3.05, 3.63) is 22.8 Å². The monoisotopic (exact) mass is 257 g/mol. The SMILES string of the molecule is NC(=O)CCCNc1ncccc1Br. The Morgan fingerprint density at radius 2 is 2.43 bits per heavy atom. The van der Waals surface area contributed by atoms with E-state index in [9.17, 15) is 4.79 Å². The summed E-state index contributed by atoms with van der Waals surface area (Å²) in [5, 5.41) is 3.10. The van der Waals surface area contributed by atoms with Crippen molar-refractivity contribution in [3.8, 4) is 0 Å². The fraction of sp³-hybridized carbons (Fsp3) is 0.333. The summed E-state index contributed by atoms with van der Waals surface area (Å²) in [5.41, 5.74) is 5.01. The molecule has 0 atom stereocenters. The number of nitrogens with one attached hydrogen (secondary N) is 1. The number of halogens is 1. The molecular weight excluding hydrogens is 246 g/mol. The van der Waals surface area contributed by atoms with Crippen molar-refractivity contribution in [2.24, 2.45) is 5.73 Å². The van der Waals surface area contributed by atoms with Crippen molar-refractivity contribution < 1.29 is 4.79 Å². The van der Waals surface area contributed by atoms with Gasteiger partial charge in [-0.05, 0) is 34.5 Å². The van der Waals surface area contributed by atoms with Gasteiger partial charge in [-0.3, -0.25) is 4.79 Å². The Bertz CT molecular complexity index is 317. The molecule has 0 unspecified atom stereocenters. The third-order valence-electron chi connectivity index (χ3n) is 1.65. The number of nitrogens with two attached hydrogens (primary N) is 1. The maximum absolute atomic E-state index is 10.4. The van der Waals surface area contributed by atoms with Gasteiger partial charge in [-0.15, -0.1) is 0 Å². The predicted molar refractivity (Wildman–Crippen MR) is 58.9 cm³/mol. The number of amides is 1. The average molecular weight is 258 g/mol. The van der Waals surface area contributed by atoms with Gasteiger partial charge in [0.1, 0.15) is 5.82 Å². The van der Waals surface area contributed by atoms with Crippen molar-refractivity contribution in [1.29, 1.82) is 0 Å². The third-order valence-corrected chi connectivity index (χ3v) is 2.29. The molecule has 0 bridgehead atoms. The highest BCUT2D eigenvalue weighted by atomic mass is 79.9. The molecule has 1 amide bonds. The second-order valence-corrected chi connectivity index (χ2v) is 3.68. The fourth-order valence-electron chi connectivity index (χ4n) is 0.985. The van der Waals surface area contributed by atoms with Crippen molar-refractivity contribution in [2.45, 2.75) is 12.8 Å². The normalized spacial score (nSPS) is 9.79. The molecule has 3 N–H and O–H groups in total. The zero-order valence-corrected chi connectivity index (χ0v) is 9.25. The molecule has 14 heavy (non-hydrogen) atoms. The summed E-state index contributed by atoms with van der Waals surface area (Å²) in [6, 6.07) is 3.75. The molecule has 0 saturated heterocycles. The highest BCUT2D eigenvalue weighted by molar-refractivity contribution is 9.10. The molecule has 0 saturated carbocycles. The minimum absolute atomic E-state index is 0.271. The van der Waals surface area contributed by atoms with Crippen molar-refractivity contribution in [1.82, 2.24) is 4.98 Å². The summed E-state index contributed by atoms with van der Waals surface area (Å²) in [6.45, 7) is 0.693. The smallest absolute Gasteiger partial charge is 0.217 e. The Labute approximate surface area is 91.0 Å². The third kappa shape index (κ3) is 3.74. The number of rotatable bonds is 5. The van der Waals surface area contributed by atoms with Gasteiger partial charge in [0.15, 0.2) is 0 Å². The van der Waals surface area contributed by atoms with E-state index in [0.717, 1.165) is 16.7 Å². The van der Waals surface area contributed by atoms with Gasteiger partial charge in [-0.2, -0.15) is 0 Å². The molecule has 0 aliphatic heterocycles. The van der Waals surface area contributed by atoms with Gasteiger partial charge in [0.05, 0.1) is 4.47 Å². The summed E-state index contributed by atoms with van der Waals surface area (Å²) in [5.74, 6) is 0.517. The molecule has 0 fully saturated rings. The molecule has 0 radical (unpaired) electrons. The van der Waals surface area contributed by atoms with E-state index in [4.69, 9.17) is 5.73 Å². The Morgan fingerprint density at radius 1 is 1.64 bits per heavy atom. The van der Waals surface area contributed by atoms with Crippen LogP contribution in [-0.2, 0) is 4.79 Å². The first-order valence-electron chi connectivity index (χ1n) is 4.33. The van der Waals surface area contributed by atoms with Crippen LogP contribution in [-0.4, -0.2) is 17.4 Å². The van der Waals surface area contributed by atoms with Crippen LogP contribution in [0.25, 0.3) is 0 Å². The zero-order chi connectivity index (χ0) is 10.4. The summed E-state index contributed by atoms with van der Waals surface area (Å²) >= 11 is 3.36. The number of nitrogens with zero attached hydrogens (tertiary/aromatic N) is 1.